The number of fused-ring (bicyclic) bond motifs is 1. The van der Waals surface area contributed by atoms with Crippen LogP contribution in [0.1, 0.15) is 6.23 Å². The Kier molecular flexibility index (Phi) is 2.82. The quantitative estimate of drug-likeness (QED) is 0.482. The Balaban J connectivity index is 2.06. The predicted molar refractivity (Wildman–Crippen MR) is 61.2 cm³/mol. The fourth-order valence-electron chi connectivity index (χ4n) is 2.16. The van der Waals surface area contributed by atoms with Crippen molar-refractivity contribution in [2.45, 2.75) is 24.5 Å². The summed E-state index contributed by atoms with van der Waals surface area (Å²) < 4.78 is 6.70. The van der Waals surface area contributed by atoms with Crippen LogP contribution in [-0.4, -0.2) is 59.8 Å². The second-order valence-electron chi connectivity index (χ2n) is 4.28. The monoisotopic (exact) mass is 268 g/mol. The van der Waals surface area contributed by atoms with Gasteiger partial charge in [-0.3, -0.25) is 9.36 Å². The molecule has 2 aromatic heterocycles. The molecule has 2 aromatic rings. The molecule has 0 saturated carbocycles. The van der Waals surface area contributed by atoms with Crippen molar-refractivity contribution in [1.29, 1.82) is 0 Å². The lowest BCUT2D eigenvalue weighted by Gasteiger charge is -2.16. The van der Waals surface area contributed by atoms with E-state index in [0.717, 1.165) is 0 Å². The zero-order valence-electron chi connectivity index (χ0n) is 9.67. The largest absolute Gasteiger partial charge is 0.394 e. The number of ether oxygens (including phenoxy) is 1. The van der Waals surface area contributed by atoms with Crippen LogP contribution in [-0.2, 0) is 4.74 Å². The smallest absolute Gasteiger partial charge is 0.278 e. The van der Waals surface area contributed by atoms with Gasteiger partial charge >= 0.3 is 0 Å². The van der Waals surface area contributed by atoms with Crippen molar-refractivity contribution < 1.29 is 20.1 Å². The molecule has 1 aliphatic heterocycles. The SMILES string of the molecule is O=c1[nH]cnc2c1ncn2[C@@H]1O[C@H](CO)C(O)[C@H]1O. The molecule has 102 valence electrons. The van der Waals surface area contributed by atoms with Crippen LogP contribution >= 0.6 is 0 Å². The number of hydrogen-bond donors (Lipinski definition) is 4. The summed E-state index contributed by atoms with van der Waals surface area (Å²) in [6.07, 6.45) is -1.78. The van der Waals surface area contributed by atoms with Crippen LogP contribution in [0.2, 0.25) is 0 Å². The van der Waals surface area contributed by atoms with Crippen LogP contribution in [0.5, 0.6) is 0 Å². The molecular weight excluding hydrogens is 256 g/mol. The number of H-pyrrole nitrogens is 1. The lowest BCUT2D eigenvalue weighted by atomic mass is 10.1. The molecule has 3 rings (SSSR count). The molecule has 1 aliphatic rings. The molecule has 0 aromatic carbocycles. The van der Waals surface area contributed by atoms with Gasteiger partial charge in [0.05, 0.1) is 19.3 Å². The third kappa shape index (κ3) is 1.75. The normalized spacial score (nSPS) is 31.1. The molecule has 9 nitrogen and oxygen atoms in total. The van der Waals surface area contributed by atoms with Crippen LogP contribution in [0.3, 0.4) is 0 Å². The van der Waals surface area contributed by atoms with Crippen LogP contribution < -0.4 is 5.56 Å². The second-order valence-corrected chi connectivity index (χ2v) is 4.28. The lowest BCUT2D eigenvalue weighted by molar-refractivity contribution is -0.0511. The van der Waals surface area contributed by atoms with E-state index in [9.17, 15) is 15.0 Å². The zero-order valence-corrected chi connectivity index (χ0v) is 9.67. The Morgan fingerprint density at radius 2 is 2.16 bits per heavy atom. The van der Waals surface area contributed by atoms with E-state index < -0.39 is 36.7 Å². The van der Waals surface area contributed by atoms with Crippen molar-refractivity contribution >= 4 is 11.2 Å². The van der Waals surface area contributed by atoms with E-state index in [1.165, 1.54) is 17.2 Å². The van der Waals surface area contributed by atoms with Gasteiger partial charge in [0.1, 0.15) is 18.3 Å². The molecule has 1 unspecified atom stereocenters. The second kappa shape index (κ2) is 4.38. The van der Waals surface area contributed by atoms with Crippen molar-refractivity contribution in [3.05, 3.63) is 23.0 Å². The highest BCUT2D eigenvalue weighted by molar-refractivity contribution is 5.68. The Morgan fingerprint density at radius 3 is 2.84 bits per heavy atom. The molecule has 0 spiro atoms. The van der Waals surface area contributed by atoms with Gasteiger partial charge < -0.3 is 25.0 Å². The van der Waals surface area contributed by atoms with Gasteiger partial charge in [0, 0.05) is 0 Å². The first-order valence-corrected chi connectivity index (χ1v) is 5.66. The minimum atomic E-state index is -1.24. The van der Waals surface area contributed by atoms with Crippen molar-refractivity contribution in [3.8, 4) is 0 Å². The highest BCUT2D eigenvalue weighted by atomic mass is 16.6. The summed E-state index contributed by atoms with van der Waals surface area (Å²) in [4.78, 5) is 21.8. The molecule has 9 heteroatoms. The summed E-state index contributed by atoms with van der Waals surface area (Å²) in [7, 11) is 0. The topological polar surface area (TPSA) is 133 Å². The van der Waals surface area contributed by atoms with Crippen molar-refractivity contribution in [1.82, 2.24) is 19.5 Å². The molecule has 0 bridgehead atoms. The summed E-state index contributed by atoms with van der Waals surface area (Å²) in [5.74, 6) is 0. The van der Waals surface area contributed by atoms with Gasteiger partial charge in [0.2, 0.25) is 0 Å². The number of hydrogen-bond acceptors (Lipinski definition) is 7. The molecule has 1 saturated heterocycles. The third-order valence-corrected chi connectivity index (χ3v) is 3.16. The first-order chi connectivity index (χ1) is 9.13. The Hall–Kier alpha value is -1.81. The van der Waals surface area contributed by atoms with Gasteiger partial charge in [-0.05, 0) is 0 Å². The number of rotatable bonds is 2. The molecule has 4 atom stereocenters. The number of aromatic nitrogens is 4. The van der Waals surface area contributed by atoms with Crippen molar-refractivity contribution in [3.63, 3.8) is 0 Å². The molecular formula is C10H12N4O5. The maximum absolute atomic E-state index is 11.5. The first-order valence-electron chi connectivity index (χ1n) is 5.66. The summed E-state index contributed by atoms with van der Waals surface area (Å²) in [6, 6.07) is 0. The average Bonchev–Trinajstić information content (AvgIpc) is 2.94. The van der Waals surface area contributed by atoms with Crippen LogP contribution in [0.25, 0.3) is 11.2 Å². The maximum atomic E-state index is 11.5. The third-order valence-electron chi connectivity index (χ3n) is 3.16. The number of aromatic amines is 1. The van der Waals surface area contributed by atoms with Gasteiger partial charge in [0.25, 0.3) is 5.56 Å². The van der Waals surface area contributed by atoms with E-state index in [1.54, 1.807) is 0 Å². The van der Waals surface area contributed by atoms with Crippen LogP contribution in [0, 0.1) is 0 Å². The van der Waals surface area contributed by atoms with Crippen LogP contribution in [0.15, 0.2) is 17.4 Å². The van der Waals surface area contributed by atoms with E-state index in [-0.39, 0.29) is 11.2 Å². The fourth-order valence-corrected chi connectivity index (χ4v) is 2.16. The molecule has 1 fully saturated rings. The number of aliphatic hydroxyl groups is 3. The van der Waals surface area contributed by atoms with Gasteiger partial charge in [-0.25, -0.2) is 9.97 Å². The van der Waals surface area contributed by atoms with Crippen molar-refractivity contribution in [2.75, 3.05) is 6.61 Å². The summed E-state index contributed by atoms with van der Waals surface area (Å²) in [5, 5.41) is 28.6. The minimum Gasteiger partial charge on any atom is -0.394 e. The van der Waals surface area contributed by atoms with Gasteiger partial charge in [-0.2, -0.15) is 0 Å². The summed E-state index contributed by atoms with van der Waals surface area (Å²) >= 11 is 0. The predicted octanol–water partition coefficient (Wildman–Crippen LogP) is -2.27. The Labute approximate surface area is 106 Å². The Morgan fingerprint density at radius 1 is 1.37 bits per heavy atom. The van der Waals surface area contributed by atoms with E-state index in [4.69, 9.17) is 9.84 Å². The molecule has 0 aliphatic carbocycles. The summed E-state index contributed by atoms with van der Waals surface area (Å²) in [5.41, 5.74) is -0.0608. The average molecular weight is 268 g/mol. The molecule has 4 N–H and O–H groups in total. The number of aliphatic hydroxyl groups excluding tert-OH is 3. The Bertz CT molecular complexity index is 653. The standard InChI is InChI=1S/C10H12N4O5/c15-1-4-6(16)7(17)10(19-4)14-3-13-5-8(14)11-2-12-9(5)18/h2-4,6-7,10,15-17H,1H2,(H,11,12,18)/t4-,6?,7-,10-/m1/s1. The number of nitrogens with one attached hydrogen (secondary N) is 1. The van der Waals surface area contributed by atoms with E-state index >= 15 is 0 Å². The molecule has 0 amide bonds. The number of imidazole rings is 1. The first kappa shape index (κ1) is 12.2. The van der Waals surface area contributed by atoms with E-state index in [1.807, 2.05) is 0 Å². The van der Waals surface area contributed by atoms with E-state index in [2.05, 4.69) is 15.0 Å². The molecule has 0 radical (unpaired) electrons. The summed E-state index contributed by atoms with van der Waals surface area (Å²) in [6.45, 7) is -0.421. The highest BCUT2D eigenvalue weighted by Crippen LogP contribution is 2.30. The number of nitrogens with zero attached hydrogens (tertiary/aromatic N) is 3. The van der Waals surface area contributed by atoms with Crippen LogP contribution in [0.4, 0.5) is 0 Å². The van der Waals surface area contributed by atoms with Gasteiger partial charge in [-0.1, -0.05) is 0 Å². The van der Waals surface area contributed by atoms with Crippen molar-refractivity contribution in [2.24, 2.45) is 0 Å². The lowest BCUT2D eigenvalue weighted by Crippen LogP contribution is -2.33. The zero-order chi connectivity index (χ0) is 13.6. The minimum absolute atomic E-state index is 0.111. The van der Waals surface area contributed by atoms with E-state index in [0.29, 0.717) is 0 Å². The van der Waals surface area contributed by atoms with Gasteiger partial charge in [-0.15, -0.1) is 0 Å². The highest BCUT2D eigenvalue weighted by Gasteiger charge is 2.43. The molecule has 19 heavy (non-hydrogen) atoms. The van der Waals surface area contributed by atoms with Gasteiger partial charge in [0.15, 0.2) is 17.4 Å². The molecule has 3 heterocycles. The fraction of sp³-hybridized carbons (Fsp3) is 0.500. The maximum Gasteiger partial charge on any atom is 0.278 e.